The van der Waals surface area contributed by atoms with Crippen LogP contribution in [0.4, 0.5) is 5.69 Å². The van der Waals surface area contributed by atoms with Crippen LogP contribution >= 0.6 is 11.6 Å². The Hall–Kier alpha value is -1.88. The van der Waals surface area contributed by atoms with Crippen molar-refractivity contribution in [1.82, 2.24) is 4.90 Å². The van der Waals surface area contributed by atoms with Crippen LogP contribution in [0.5, 0.6) is 0 Å². The number of benzene rings is 1. The van der Waals surface area contributed by atoms with Gasteiger partial charge in [-0.2, -0.15) is 0 Å². The molecular formula is C12H11ClN2O3. The minimum Gasteiger partial charge on any atom is -0.332 e. The highest BCUT2D eigenvalue weighted by atomic mass is 35.5. The van der Waals surface area contributed by atoms with Crippen molar-refractivity contribution in [2.45, 2.75) is 6.92 Å². The molecule has 0 aliphatic carbocycles. The average Bonchev–Trinajstić information content (AvgIpc) is 2.37. The Kier molecular flexibility index (Phi) is 3.09. The van der Waals surface area contributed by atoms with E-state index >= 15 is 0 Å². The second-order valence-electron chi connectivity index (χ2n) is 4.07. The number of carbonyl (C=O) groups is 3. The minimum atomic E-state index is -0.431. The highest BCUT2D eigenvalue weighted by Gasteiger charge is 2.31. The fraction of sp³-hybridized carbons (Fsp3) is 0.250. The molecule has 0 radical (unpaired) electrons. The van der Waals surface area contributed by atoms with Crippen molar-refractivity contribution in [3.05, 3.63) is 28.8 Å². The molecule has 94 valence electrons. The van der Waals surface area contributed by atoms with E-state index in [0.717, 1.165) is 4.90 Å². The second kappa shape index (κ2) is 4.42. The molecular weight excluding hydrogens is 256 g/mol. The molecule has 0 aromatic heterocycles. The Morgan fingerprint density at radius 2 is 2.00 bits per heavy atom. The fourth-order valence-corrected chi connectivity index (χ4v) is 2.08. The van der Waals surface area contributed by atoms with Crippen molar-refractivity contribution >= 4 is 35.0 Å². The smallest absolute Gasteiger partial charge is 0.256 e. The molecule has 2 rings (SSSR count). The number of rotatable bonds is 0. The first-order valence-corrected chi connectivity index (χ1v) is 5.68. The van der Waals surface area contributed by atoms with Crippen molar-refractivity contribution in [3.63, 3.8) is 0 Å². The van der Waals surface area contributed by atoms with E-state index in [1.807, 2.05) is 0 Å². The number of fused-ring (bicyclic) bond motifs is 1. The summed E-state index contributed by atoms with van der Waals surface area (Å²) in [6, 6.07) is 4.51. The molecule has 3 amide bonds. The van der Waals surface area contributed by atoms with Crippen LogP contribution in [0, 0.1) is 0 Å². The van der Waals surface area contributed by atoms with Gasteiger partial charge in [0, 0.05) is 19.0 Å². The first-order chi connectivity index (χ1) is 8.41. The molecule has 1 aliphatic heterocycles. The van der Waals surface area contributed by atoms with E-state index in [4.69, 9.17) is 11.6 Å². The maximum Gasteiger partial charge on any atom is 0.256 e. The van der Waals surface area contributed by atoms with Crippen LogP contribution in [0.15, 0.2) is 18.2 Å². The van der Waals surface area contributed by atoms with E-state index < -0.39 is 11.8 Å². The molecule has 1 heterocycles. The van der Waals surface area contributed by atoms with Crippen LogP contribution < -0.4 is 4.90 Å². The summed E-state index contributed by atoms with van der Waals surface area (Å²) in [6.45, 7) is 1.15. The topological polar surface area (TPSA) is 57.7 Å². The van der Waals surface area contributed by atoms with Gasteiger partial charge in [0.05, 0.1) is 11.3 Å². The Morgan fingerprint density at radius 1 is 1.33 bits per heavy atom. The molecule has 0 saturated heterocycles. The molecule has 0 N–H and O–H groups in total. The molecule has 0 unspecified atom stereocenters. The lowest BCUT2D eigenvalue weighted by Crippen LogP contribution is -2.40. The molecule has 1 aliphatic rings. The summed E-state index contributed by atoms with van der Waals surface area (Å²) < 4.78 is 0. The molecule has 5 nitrogen and oxygen atoms in total. The molecule has 0 fully saturated rings. The van der Waals surface area contributed by atoms with Gasteiger partial charge in [-0.05, 0) is 18.2 Å². The third-order valence-electron chi connectivity index (χ3n) is 2.71. The van der Waals surface area contributed by atoms with E-state index in [1.165, 1.54) is 31.0 Å². The van der Waals surface area contributed by atoms with Gasteiger partial charge in [0.1, 0.15) is 6.54 Å². The first kappa shape index (κ1) is 12.6. The predicted octanol–water partition coefficient (Wildman–Crippen LogP) is 1.31. The van der Waals surface area contributed by atoms with Gasteiger partial charge in [0.25, 0.3) is 11.8 Å². The van der Waals surface area contributed by atoms with E-state index in [0.29, 0.717) is 5.02 Å². The van der Waals surface area contributed by atoms with Crippen molar-refractivity contribution in [2.75, 3.05) is 18.5 Å². The summed E-state index contributed by atoms with van der Waals surface area (Å²) in [7, 11) is 1.51. The molecule has 0 spiro atoms. The molecule has 18 heavy (non-hydrogen) atoms. The maximum absolute atomic E-state index is 12.1. The zero-order chi connectivity index (χ0) is 13.4. The fourth-order valence-electron chi connectivity index (χ4n) is 1.91. The Bertz CT molecular complexity index is 556. The number of hydrogen-bond donors (Lipinski definition) is 0. The van der Waals surface area contributed by atoms with Crippen molar-refractivity contribution < 1.29 is 14.4 Å². The molecule has 0 atom stereocenters. The lowest BCUT2D eigenvalue weighted by molar-refractivity contribution is -0.125. The monoisotopic (exact) mass is 266 g/mol. The summed E-state index contributed by atoms with van der Waals surface area (Å²) in [6.07, 6.45) is 0. The van der Waals surface area contributed by atoms with Gasteiger partial charge in [-0.15, -0.1) is 0 Å². The van der Waals surface area contributed by atoms with E-state index in [2.05, 4.69) is 0 Å². The number of carbonyl (C=O) groups excluding carboxylic acids is 3. The number of halogens is 1. The standard InChI is InChI=1S/C12H11ClN2O3/c1-7(16)15-10-4-3-8(13)5-9(10)12(18)14(2)6-11(15)17/h3-5H,6H2,1-2H3. The van der Waals surface area contributed by atoms with Gasteiger partial charge >= 0.3 is 0 Å². The van der Waals surface area contributed by atoms with Crippen LogP contribution in [0.1, 0.15) is 17.3 Å². The molecule has 1 aromatic carbocycles. The third-order valence-corrected chi connectivity index (χ3v) is 2.95. The van der Waals surface area contributed by atoms with Crippen LogP contribution in [-0.2, 0) is 9.59 Å². The average molecular weight is 267 g/mol. The lowest BCUT2D eigenvalue weighted by atomic mass is 10.1. The quantitative estimate of drug-likeness (QED) is 0.711. The Labute approximate surface area is 109 Å². The van der Waals surface area contributed by atoms with Gasteiger partial charge in [0.15, 0.2) is 0 Å². The van der Waals surface area contributed by atoms with Gasteiger partial charge in [-0.3, -0.25) is 14.4 Å². The normalized spacial score (nSPS) is 15.5. The Balaban J connectivity index is 2.68. The summed E-state index contributed by atoms with van der Waals surface area (Å²) in [5, 5.41) is 0.383. The van der Waals surface area contributed by atoms with Crippen molar-refractivity contribution in [3.8, 4) is 0 Å². The van der Waals surface area contributed by atoms with Gasteiger partial charge in [0.2, 0.25) is 5.91 Å². The SMILES string of the molecule is CC(=O)N1C(=O)CN(C)C(=O)c2cc(Cl)ccc21. The van der Waals surface area contributed by atoms with Crippen LogP contribution in [-0.4, -0.2) is 36.2 Å². The van der Waals surface area contributed by atoms with Gasteiger partial charge < -0.3 is 4.90 Å². The zero-order valence-electron chi connectivity index (χ0n) is 9.94. The number of anilines is 1. The lowest BCUT2D eigenvalue weighted by Gasteiger charge is -2.18. The number of imide groups is 1. The summed E-state index contributed by atoms with van der Waals surface area (Å²) in [5.74, 6) is -1.18. The number of likely N-dealkylation sites (N-methyl/N-ethyl adjacent to an activating group) is 1. The number of amides is 3. The molecule has 0 saturated carbocycles. The second-order valence-corrected chi connectivity index (χ2v) is 4.51. The zero-order valence-corrected chi connectivity index (χ0v) is 10.7. The molecule has 6 heteroatoms. The van der Waals surface area contributed by atoms with Crippen LogP contribution in [0.3, 0.4) is 0 Å². The summed E-state index contributed by atoms with van der Waals surface area (Å²) in [4.78, 5) is 37.9. The largest absolute Gasteiger partial charge is 0.332 e. The predicted molar refractivity (Wildman–Crippen MR) is 66.6 cm³/mol. The number of nitrogens with zero attached hydrogens (tertiary/aromatic N) is 2. The van der Waals surface area contributed by atoms with Crippen molar-refractivity contribution in [2.24, 2.45) is 0 Å². The molecule has 0 bridgehead atoms. The summed E-state index contributed by atoms with van der Waals surface area (Å²) >= 11 is 5.85. The minimum absolute atomic E-state index is 0.134. The maximum atomic E-state index is 12.1. The Morgan fingerprint density at radius 3 is 2.61 bits per heavy atom. The highest BCUT2D eigenvalue weighted by Crippen LogP contribution is 2.28. The van der Waals surface area contributed by atoms with Gasteiger partial charge in [-0.1, -0.05) is 11.6 Å². The number of hydrogen-bond acceptors (Lipinski definition) is 3. The van der Waals surface area contributed by atoms with E-state index in [-0.39, 0.29) is 23.7 Å². The van der Waals surface area contributed by atoms with Crippen LogP contribution in [0.25, 0.3) is 0 Å². The van der Waals surface area contributed by atoms with Crippen molar-refractivity contribution in [1.29, 1.82) is 0 Å². The van der Waals surface area contributed by atoms with Gasteiger partial charge in [-0.25, -0.2) is 4.90 Å². The molecule has 1 aromatic rings. The third kappa shape index (κ3) is 1.97. The van der Waals surface area contributed by atoms with E-state index in [1.54, 1.807) is 6.07 Å². The summed E-state index contributed by atoms with van der Waals surface area (Å²) in [5.41, 5.74) is 0.539. The van der Waals surface area contributed by atoms with E-state index in [9.17, 15) is 14.4 Å². The first-order valence-electron chi connectivity index (χ1n) is 5.30. The van der Waals surface area contributed by atoms with Crippen LogP contribution in [0.2, 0.25) is 5.02 Å². The highest BCUT2D eigenvalue weighted by molar-refractivity contribution is 6.31.